The Kier molecular flexibility index (Phi) is 6.93. The summed E-state index contributed by atoms with van der Waals surface area (Å²) in [6.45, 7) is 2.48. The molecule has 29 heavy (non-hydrogen) atoms. The summed E-state index contributed by atoms with van der Waals surface area (Å²) in [6, 6.07) is 8.84. The number of amides is 1. The summed E-state index contributed by atoms with van der Waals surface area (Å²) in [5.41, 5.74) is 2.61. The van der Waals surface area contributed by atoms with E-state index < -0.39 is 17.8 Å². The van der Waals surface area contributed by atoms with Gasteiger partial charge in [0.05, 0.1) is 11.8 Å². The summed E-state index contributed by atoms with van der Waals surface area (Å²) in [4.78, 5) is 31.0. The third-order valence-electron chi connectivity index (χ3n) is 5.17. The molecule has 0 unspecified atom stereocenters. The molecule has 3 rings (SSSR count). The molecule has 1 aliphatic rings. The third kappa shape index (κ3) is 5.37. The van der Waals surface area contributed by atoms with Crippen LogP contribution in [-0.2, 0) is 22.7 Å². The van der Waals surface area contributed by atoms with Crippen molar-refractivity contribution >= 4 is 35.1 Å². The molecular weight excluding hydrogens is 411 g/mol. The van der Waals surface area contributed by atoms with Crippen molar-refractivity contribution in [3.63, 3.8) is 0 Å². The molecule has 1 heterocycles. The molecule has 1 amide bonds. The van der Waals surface area contributed by atoms with Crippen molar-refractivity contribution in [1.82, 2.24) is 9.88 Å². The number of allylic oxidation sites excluding steroid dienone is 2. The number of aliphatic carboxylic acids is 1. The van der Waals surface area contributed by atoms with Crippen molar-refractivity contribution in [3.8, 4) is 0 Å². The molecule has 5 nitrogen and oxygen atoms in total. The number of nitrogens with zero attached hydrogens (tertiary/aromatic N) is 2. The summed E-state index contributed by atoms with van der Waals surface area (Å²) >= 11 is 12.3. The summed E-state index contributed by atoms with van der Waals surface area (Å²) in [7, 11) is 0. The van der Waals surface area contributed by atoms with Crippen molar-refractivity contribution in [2.75, 3.05) is 0 Å². The number of hydrogen-bond donors (Lipinski definition) is 1. The average Bonchev–Trinajstić information content (AvgIpc) is 2.69. The van der Waals surface area contributed by atoms with Crippen molar-refractivity contribution < 1.29 is 14.7 Å². The zero-order valence-corrected chi connectivity index (χ0v) is 17.5. The average molecular weight is 433 g/mol. The predicted octanol–water partition coefficient (Wildman–Crippen LogP) is 4.97. The van der Waals surface area contributed by atoms with E-state index in [0.717, 1.165) is 16.7 Å². The number of carboxylic acid groups (broad SMARTS) is 1. The second-order valence-electron chi connectivity index (χ2n) is 7.33. The Balaban J connectivity index is 1.90. The summed E-state index contributed by atoms with van der Waals surface area (Å²) in [5, 5.41) is 10.7. The van der Waals surface area contributed by atoms with Gasteiger partial charge < -0.3 is 10.0 Å². The number of benzene rings is 1. The van der Waals surface area contributed by atoms with E-state index >= 15 is 0 Å². The van der Waals surface area contributed by atoms with Crippen LogP contribution in [-0.4, -0.2) is 26.9 Å². The fourth-order valence-electron chi connectivity index (χ4n) is 3.61. The fourth-order valence-corrected chi connectivity index (χ4v) is 4.08. The molecule has 0 aliphatic heterocycles. The number of carboxylic acids is 1. The van der Waals surface area contributed by atoms with Crippen LogP contribution in [0, 0.1) is 11.8 Å². The largest absolute Gasteiger partial charge is 0.481 e. The molecule has 1 N–H and O–H groups in total. The summed E-state index contributed by atoms with van der Waals surface area (Å²) in [5.74, 6) is -2.48. The van der Waals surface area contributed by atoms with Crippen LogP contribution in [0.2, 0.25) is 10.0 Å². The van der Waals surface area contributed by atoms with E-state index in [1.54, 1.807) is 41.6 Å². The topological polar surface area (TPSA) is 70.5 Å². The fraction of sp³-hybridized carbons (Fsp3) is 0.318. The minimum absolute atomic E-state index is 0.198. The van der Waals surface area contributed by atoms with Crippen LogP contribution in [0.15, 0.2) is 54.4 Å². The van der Waals surface area contributed by atoms with E-state index in [9.17, 15) is 14.7 Å². The van der Waals surface area contributed by atoms with Crippen molar-refractivity contribution in [1.29, 1.82) is 0 Å². The van der Waals surface area contributed by atoms with Gasteiger partial charge in [-0.3, -0.25) is 14.6 Å². The lowest BCUT2D eigenvalue weighted by Gasteiger charge is -2.32. The Labute approximate surface area is 180 Å². The van der Waals surface area contributed by atoms with Crippen LogP contribution in [0.5, 0.6) is 0 Å². The molecule has 1 aliphatic carbocycles. The highest BCUT2D eigenvalue weighted by Crippen LogP contribution is 2.33. The number of aromatic nitrogens is 1. The third-order valence-corrected chi connectivity index (χ3v) is 5.75. The van der Waals surface area contributed by atoms with Gasteiger partial charge in [0.1, 0.15) is 0 Å². The minimum Gasteiger partial charge on any atom is -0.481 e. The first-order valence-electron chi connectivity index (χ1n) is 9.35. The van der Waals surface area contributed by atoms with Gasteiger partial charge in [0, 0.05) is 35.5 Å². The maximum Gasteiger partial charge on any atom is 0.307 e. The van der Waals surface area contributed by atoms with Gasteiger partial charge in [-0.05, 0) is 49.1 Å². The molecule has 1 aromatic carbocycles. The lowest BCUT2D eigenvalue weighted by molar-refractivity contribution is -0.151. The highest BCUT2D eigenvalue weighted by Gasteiger charge is 2.37. The van der Waals surface area contributed by atoms with E-state index in [1.165, 1.54) is 0 Å². The molecule has 2 aromatic rings. The number of hydrogen-bond acceptors (Lipinski definition) is 3. The number of carbonyl (C=O) groups is 2. The van der Waals surface area contributed by atoms with Crippen LogP contribution in [0.3, 0.4) is 0 Å². The van der Waals surface area contributed by atoms with Gasteiger partial charge in [0.15, 0.2) is 0 Å². The zero-order chi connectivity index (χ0) is 21.0. The first-order chi connectivity index (χ1) is 13.8. The van der Waals surface area contributed by atoms with E-state index in [1.807, 2.05) is 19.1 Å². The maximum absolute atomic E-state index is 13.5. The summed E-state index contributed by atoms with van der Waals surface area (Å²) < 4.78 is 0. The number of carbonyl (C=O) groups excluding carboxylic acids is 1. The van der Waals surface area contributed by atoms with Gasteiger partial charge >= 0.3 is 5.97 Å². The van der Waals surface area contributed by atoms with Gasteiger partial charge in [0.25, 0.3) is 0 Å². The van der Waals surface area contributed by atoms with Crippen LogP contribution in [0.1, 0.15) is 30.9 Å². The van der Waals surface area contributed by atoms with E-state index in [2.05, 4.69) is 4.98 Å². The first-order valence-corrected chi connectivity index (χ1v) is 10.1. The Bertz CT molecular complexity index is 931. The van der Waals surface area contributed by atoms with Crippen LogP contribution >= 0.6 is 23.2 Å². The van der Waals surface area contributed by atoms with Gasteiger partial charge in [0.2, 0.25) is 5.91 Å². The molecule has 0 radical (unpaired) electrons. The molecule has 0 saturated carbocycles. The molecule has 152 valence electrons. The zero-order valence-electron chi connectivity index (χ0n) is 16.0. The van der Waals surface area contributed by atoms with Crippen LogP contribution in [0.25, 0.3) is 0 Å². The molecule has 0 spiro atoms. The lowest BCUT2D eigenvalue weighted by Crippen LogP contribution is -2.41. The summed E-state index contributed by atoms with van der Waals surface area (Å²) in [6.07, 6.45) is 6.12. The highest BCUT2D eigenvalue weighted by atomic mass is 35.5. The van der Waals surface area contributed by atoms with Crippen LogP contribution < -0.4 is 0 Å². The molecule has 0 saturated heterocycles. The van der Waals surface area contributed by atoms with Gasteiger partial charge in [-0.15, -0.1) is 0 Å². The number of halogens is 2. The van der Waals surface area contributed by atoms with Gasteiger partial charge in [-0.25, -0.2) is 0 Å². The van der Waals surface area contributed by atoms with E-state index in [0.29, 0.717) is 29.4 Å². The second-order valence-corrected chi connectivity index (χ2v) is 8.18. The second kappa shape index (κ2) is 9.42. The standard InChI is InChI=1S/C22H22Cl2N2O3/c1-14-4-7-18(19(9-14)22(28)29)21(27)26(12-15-3-2-8-25-11-15)13-16-5-6-17(23)10-20(16)24/h2-6,8,10-11,18-19H,7,9,12-13H2,1H3,(H,28,29)/t18-,19+/m0/s1. The predicted molar refractivity (Wildman–Crippen MR) is 113 cm³/mol. The molecule has 0 bridgehead atoms. The Morgan fingerprint density at radius 3 is 2.66 bits per heavy atom. The monoisotopic (exact) mass is 432 g/mol. The molecule has 0 fully saturated rings. The normalized spacial score (nSPS) is 18.8. The number of rotatable bonds is 6. The van der Waals surface area contributed by atoms with Crippen molar-refractivity contribution in [2.24, 2.45) is 11.8 Å². The Morgan fingerprint density at radius 2 is 2.00 bits per heavy atom. The van der Waals surface area contributed by atoms with E-state index in [-0.39, 0.29) is 12.5 Å². The van der Waals surface area contributed by atoms with Crippen molar-refractivity contribution in [2.45, 2.75) is 32.9 Å². The maximum atomic E-state index is 13.5. The quantitative estimate of drug-likeness (QED) is 0.653. The molecule has 2 atom stereocenters. The van der Waals surface area contributed by atoms with E-state index in [4.69, 9.17) is 23.2 Å². The lowest BCUT2D eigenvalue weighted by atomic mass is 9.79. The Hall–Kier alpha value is -2.37. The molecule has 1 aromatic heterocycles. The minimum atomic E-state index is -0.943. The molecule has 7 heteroatoms. The van der Waals surface area contributed by atoms with Crippen molar-refractivity contribution in [3.05, 3.63) is 75.5 Å². The number of pyridine rings is 1. The van der Waals surface area contributed by atoms with Gasteiger partial charge in [-0.1, -0.05) is 47.0 Å². The van der Waals surface area contributed by atoms with Crippen LogP contribution in [0.4, 0.5) is 0 Å². The molecular formula is C22H22Cl2N2O3. The smallest absolute Gasteiger partial charge is 0.307 e. The van der Waals surface area contributed by atoms with Gasteiger partial charge in [-0.2, -0.15) is 0 Å². The Morgan fingerprint density at radius 1 is 1.21 bits per heavy atom. The SMILES string of the molecule is CC1=CC[C@H](C(=O)N(Cc2cccnc2)Cc2ccc(Cl)cc2Cl)[C@H](C(=O)O)C1. The highest BCUT2D eigenvalue weighted by molar-refractivity contribution is 6.35. The first kappa shape index (κ1) is 21.3.